The number of hydrogen-bond acceptors (Lipinski definition) is 7. The number of carbonyl (C=O) groups is 2. The summed E-state index contributed by atoms with van der Waals surface area (Å²) in [7, 11) is 1.48. The highest BCUT2D eigenvalue weighted by atomic mass is 32.1. The molecule has 7 nitrogen and oxygen atoms in total. The molecule has 0 radical (unpaired) electrons. The third-order valence-corrected chi connectivity index (χ3v) is 5.29. The second kappa shape index (κ2) is 5.94. The number of aromatic nitrogens is 2. The molecule has 0 bridgehead atoms. The number of fused-ring (bicyclic) bond motifs is 1. The van der Waals surface area contributed by atoms with Crippen LogP contribution in [-0.4, -0.2) is 33.4 Å². The topological polar surface area (TPSA) is 101 Å². The van der Waals surface area contributed by atoms with E-state index in [0.29, 0.717) is 21.6 Å². The van der Waals surface area contributed by atoms with Crippen molar-refractivity contribution in [3.05, 3.63) is 33.4 Å². The van der Waals surface area contributed by atoms with Crippen molar-refractivity contribution in [2.45, 2.75) is 0 Å². The second-order valence-electron chi connectivity index (χ2n) is 4.61. The molecule has 1 amide bonds. The van der Waals surface area contributed by atoms with Crippen LogP contribution in [0.1, 0.15) is 10.4 Å². The first-order valence-corrected chi connectivity index (χ1v) is 8.22. The maximum atomic E-state index is 12.3. The zero-order valence-corrected chi connectivity index (χ0v) is 13.5. The van der Waals surface area contributed by atoms with E-state index in [2.05, 4.69) is 10.3 Å². The molecule has 0 aliphatic heterocycles. The summed E-state index contributed by atoms with van der Waals surface area (Å²) in [5.41, 5.74) is -0.738. The van der Waals surface area contributed by atoms with Gasteiger partial charge in [0.05, 0.1) is 11.4 Å². The van der Waals surface area contributed by atoms with Crippen molar-refractivity contribution >= 4 is 45.2 Å². The summed E-state index contributed by atoms with van der Waals surface area (Å²) in [5.74, 6) is -1.20. The summed E-state index contributed by atoms with van der Waals surface area (Å²) in [6, 6.07) is 3.76. The number of rotatable bonds is 4. The van der Waals surface area contributed by atoms with Crippen LogP contribution in [0.3, 0.4) is 0 Å². The Hall–Kier alpha value is -2.52. The van der Waals surface area contributed by atoms with Crippen molar-refractivity contribution in [1.82, 2.24) is 14.9 Å². The molecule has 0 saturated heterocycles. The third kappa shape index (κ3) is 2.53. The monoisotopic (exact) mass is 349 g/mol. The van der Waals surface area contributed by atoms with E-state index in [1.54, 1.807) is 0 Å². The number of pyridine rings is 1. The maximum absolute atomic E-state index is 12.3. The number of thiophene rings is 1. The van der Waals surface area contributed by atoms with Gasteiger partial charge in [-0.05, 0) is 11.4 Å². The first-order chi connectivity index (χ1) is 11.0. The fourth-order valence-electron chi connectivity index (χ4n) is 2.11. The van der Waals surface area contributed by atoms with Gasteiger partial charge in [-0.25, -0.2) is 4.98 Å². The normalized spacial score (nSPS) is 10.8. The van der Waals surface area contributed by atoms with Crippen molar-refractivity contribution in [1.29, 1.82) is 0 Å². The van der Waals surface area contributed by atoms with E-state index in [-0.39, 0.29) is 12.1 Å². The van der Waals surface area contributed by atoms with Gasteiger partial charge in [0.1, 0.15) is 21.6 Å². The minimum Gasteiger partial charge on any atom is -0.505 e. The first-order valence-electron chi connectivity index (χ1n) is 6.52. The van der Waals surface area contributed by atoms with Crippen LogP contribution in [0, 0.1) is 0 Å². The highest BCUT2D eigenvalue weighted by Crippen LogP contribution is 2.37. The van der Waals surface area contributed by atoms with E-state index in [1.165, 1.54) is 34.3 Å². The lowest BCUT2D eigenvalue weighted by Crippen LogP contribution is -2.33. The Morgan fingerprint density at radius 2 is 2.30 bits per heavy atom. The fraction of sp³-hybridized carbons (Fsp3) is 0.143. The molecule has 0 saturated carbocycles. The highest BCUT2D eigenvalue weighted by molar-refractivity contribution is 7.25. The first kappa shape index (κ1) is 15.4. The van der Waals surface area contributed by atoms with Gasteiger partial charge in [0.2, 0.25) is 0 Å². The Morgan fingerprint density at radius 3 is 2.96 bits per heavy atom. The number of carbonyl (C=O) groups excluding carboxylic acids is 2. The molecule has 0 spiro atoms. The lowest BCUT2D eigenvalue weighted by atomic mass is 10.2. The molecular weight excluding hydrogens is 338 g/mol. The van der Waals surface area contributed by atoms with Crippen LogP contribution in [0.4, 0.5) is 0 Å². The van der Waals surface area contributed by atoms with E-state index in [1.807, 2.05) is 17.5 Å². The maximum Gasteiger partial charge on any atom is 0.268 e. The molecule has 0 aliphatic rings. The standard InChI is InChI=1S/C14H11N3O4S2/c1-17-11-10(23-13(16-11)7-3-2-6-22-7)9(19)8(14(17)21)12(20)15-4-5-18/h2-3,5-6,19H,4H2,1H3,(H,15,20). The molecule has 2 N–H and O–H groups in total. The Kier molecular flexibility index (Phi) is 3.97. The van der Waals surface area contributed by atoms with Crippen molar-refractivity contribution in [3.63, 3.8) is 0 Å². The number of thiazole rings is 1. The van der Waals surface area contributed by atoms with Gasteiger partial charge in [-0.2, -0.15) is 0 Å². The highest BCUT2D eigenvalue weighted by Gasteiger charge is 2.23. The Morgan fingerprint density at radius 1 is 1.52 bits per heavy atom. The molecular formula is C14H11N3O4S2. The van der Waals surface area contributed by atoms with Crippen molar-refractivity contribution in [2.75, 3.05) is 6.54 Å². The van der Waals surface area contributed by atoms with Gasteiger partial charge in [-0.1, -0.05) is 6.07 Å². The Bertz CT molecular complexity index is 957. The molecule has 3 rings (SSSR count). The van der Waals surface area contributed by atoms with Crippen molar-refractivity contribution < 1.29 is 14.7 Å². The number of aromatic hydroxyl groups is 1. The third-order valence-electron chi connectivity index (χ3n) is 3.20. The minimum absolute atomic E-state index is 0.234. The molecule has 0 aromatic carbocycles. The smallest absolute Gasteiger partial charge is 0.268 e. The molecule has 3 heterocycles. The van der Waals surface area contributed by atoms with Crippen LogP contribution in [-0.2, 0) is 11.8 Å². The Balaban J connectivity index is 2.22. The molecule has 3 aromatic heterocycles. The number of aldehydes is 1. The largest absolute Gasteiger partial charge is 0.505 e. The molecule has 0 atom stereocenters. The summed E-state index contributed by atoms with van der Waals surface area (Å²) >= 11 is 2.69. The zero-order chi connectivity index (χ0) is 16.6. The summed E-state index contributed by atoms with van der Waals surface area (Å²) in [4.78, 5) is 40.0. The van der Waals surface area contributed by atoms with Crippen molar-refractivity contribution in [3.8, 4) is 15.6 Å². The molecule has 9 heteroatoms. The van der Waals surface area contributed by atoms with Crippen LogP contribution in [0.5, 0.6) is 5.75 Å². The number of aryl methyl sites for hydroxylation is 1. The molecule has 0 unspecified atom stereocenters. The van der Waals surface area contributed by atoms with E-state index in [9.17, 15) is 19.5 Å². The quantitative estimate of drug-likeness (QED) is 0.693. The number of amides is 1. The molecule has 118 valence electrons. The molecule has 23 heavy (non-hydrogen) atoms. The van der Waals surface area contributed by atoms with Crippen LogP contribution < -0.4 is 10.9 Å². The van der Waals surface area contributed by atoms with E-state index >= 15 is 0 Å². The van der Waals surface area contributed by atoms with Crippen LogP contribution >= 0.6 is 22.7 Å². The number of hydrogen-bond donors (Lipinski definition) is 2. The summed E-state index contributed by atoms with van der Waals surface area (Å²) in [6.07, 6.45) is 0.500. The minimum atomic E-state index is -0.789. The van der Waals surface area contributed by atoms with Gasteiger partial charge in [-0.3, -0.25) is 14.2 Å². The van der Waals surface area contributed by atoms with E-state index in [4.69, 9.17) is 0 Å². The molecule has 3 aromatic rings. The average Bonchev–Trinajstić information content (AvgIpc) is 3.19. The van der Waals surface area contributed by atoms with E-state index < -0.39 is 17.2 Å². The van der Waals surface area contributed by atoms with Gasteiger partial charge in [0, 0.05) is 7.05 Å². The van der Waals surface area contributed by atoms with Gasteiger partial charge in [-0.15, -0.1) is 22.7 Å². The van der Waals surface area contributed by atoms with Crippen molar-refractivity contribution in [2.24, 2.45) is 7.05 Å². The van der Waals surface area contributed by atoms with Crippen LogP contribution in [0.2, 0.25) is 0 Å². The molecule has 0 aliphatic carbocycles. The van der Waals surface area contributed by atoms with Crippen LogP contribution in [0.15, 0.2) is 22.3 Å². The summed E-state index contributed by atoms with van der Waals surface area (Å²) in [5, 5.41) is 15.2. The molecule has 0 fully saturated rings. The van der Waals surface area contributed by atoms with Gasteiger partial charge < -0.3 is 15.2 Å². The predicted molar refractivity (Wildman–Crippen MR) is 88.2 cm³/mol. The van der Waals surface area contributed by atoms with Gasteiger partial charge >= 0.3 is 0 Å². The summed E-state index contributed by atoms with van der Waals surface area (Å²) in [6.45, 7) is -0.234. The SMILES string of the molecule is Cn1c(=O)c(C(=O)NCC=O)c(O)c2sc(-c3cccs3)nc21. The lowest BCUT2D eigenvalue weighted by molar-refractivity contribution is -0.107. The van der Waals surface area contributed by atoms with E-state index in [0.717, 1.165) is 4.88 Å². The number of nitrogens with zero attached hydrogens (tertiary/aromatic N) is 2. The average molecular weight is 349 g/mol. The fourth-order valence-corrected chi connectivity index (χ4v) is 3.95. The van der Waals surface area contributed by atoms with Gasteiger partial charge in [0.25, 0.3) is 11.5 Å². The second-order valence-corrected chi connectivity index (χ2v) is 6.56. The summed E-state index contributed by atoms with van der Waals surface area (Å²) < 4.78 is 1.57. The number of nitrogens with one attached hydrogen (secondary N) is 1. The zero-order valence-electron chi connectivity index (χ0n) is 11.9. The Labute approximate surface area is 137 Å². The van der Waals surface area contributed by atoms with Crippen LogP contribution in [0.25, 0.3) is 20.2 Å². The lowest BCUT2D eigenvalue weighted by Gasteiger charge is -2.07. The van der Waals surface area contributed by atoms with Gasteiger partial charge in [0.15, 0.2) is 11.4 Å². The predicted octanol–water partition coefficient (Wildman–Crippen LogP) is 1.36.